The fourth-order valence-corrected chi connectivity index (χ4v) is 4.77. The fraction of sp³-hybridized carbons (Fsp3) is 0.476. The SMILES string of the molecule is COc1cc(C(=O)N[C@H](C)[C@H](c2cccs2)N2CCCC2)cc(OC)c1OC. The second-order valence-electron chi connectivity index (χ2n) is 6.88. The lowest BCUT2D eigenvalue weighted by Gasteiger charge is -2.32. The molecule has 2 heterocycles. The third kappa shape index (κ3) is 4.25. The van der Waals surface area contributed by atoms with Crippen molar-refractivity contribution in [2.45, 2.75) is 31.8 Å². The van der Waals surface area contributed by atoms with E-state index in [9.17, 15) is 4.79 Å². The van der Waals surface area contributed by atoms with E-state index in [1.807, 2.05) is 0 Å². The van der Waals surface area contributed by atoms with Gasteiger partial charge in [0.25, 0.3) is 5.91 Å². The summed E-state index contributed by atoms with van der Waals surface area (Å²) in [7, 11) is 4.63. The van der Waals surface area contributed by atoms with Gasteiger partial charge in [-0.05, 0) is 56.4 Å². The van der Waals surface area contributed by atoms with Crippen molar-refractivity contribution >= 4 is 17.2 Å². The average Bonchev–Trinajstić information content (AvgIpc) is 3.41. The Bertz CT molecular complexity index is 763. The Balaban J connectivity index is 1.82. The molecule has 1 amide bonds. The van der Waals surface area contributed by atoms with E-state index in [-0.39, 0.29) is 18.0 Å². The van der Waals surface area contributed by atoms with Crippen molar-refractivity contribution in [1.82, 2.24) is 10.2 Å². The van der Waals surface area contributed by atoms with Gasteiger partial charge in [-0.2, -0.15) is 0 Å². The summed E-state index contributed by atoms with van der Waals surface area (Å²) in [5.74, 6) is 1.25. The quantitative estimate of drug-likeness (QED) is 0.726. The van der Waals surface area contributed by atoms with E-state index in [1.165, 1.54) is 17.7 Å². The maximum atomic E-state index is 13.0. The van der Waals surface area contributed by atoms with Crippen LogP contribution < -0.4 is 19.5 Å². The van der Waals surface area contributed by atoms with Crippen LogP contribution in [-0.2, 0) is 0 Å². The van der Waals surface area contributed by atoms with E-state index in [0.29, 0.717) is 22.8 Å². The Morgan fingerprint density at radius 3 is 2.25 bits per heavy atom. The number of ether oxygens (including phenoxy) is 3. The number of amides is 1. The number of thiophene rings is 1. The molecule has 2 aromatic rings. The first kappa shape index (κ1) is 20.5. The smallest absolute Gasteiger partial charge is 0.251 e. The number of hydrogen-bond donors (Lipinski definition) is 1. The van der Waals surface area contributed by atoms with Crippen LogP contribution in [0, 0.1) is 0 Å². The van der Waals surface area contributed by atoms with Gasteiger partial charge in [0.15, 0.2) is 11.5 Å². The van der Waals surface area contributed by atoms with Gasteiger partial charge >= 0.3 is 0 Å². The van der Waals surface area contributed by atoms with Crippen LogP contribution in [0.4, 0.5) is 0 Å². The highest BCUT2D eigenvalue weighted by molar-refractivity contribution is 7.10. The van der Waals surface area contributed by atoms with E-state index in [2.05, 4.69) is 34.7 Å². The number of methoxy groups -OCH3 is 3. The van der Waals surface area contributed by atoms with Gasteiger partial charge in [-0.15, -0.1) is 11.3 Å². The minimum Gasteiger partial charge on any atom is -0.493 e. The van der Waals surface area contributed by atoms with Gasteiger partial charge in [0.1, 0.15) is 0 Å². The van der Waals surface area contributed by atoms with E-state index in [1.54, 1.807) is 44.8 Å². The predicted molar refractivity (Wildman–Crippen MR) is 111 cm³/mol. The van der Waals surface area contributed by atoms with Crippen molar-refractivity contribution in [2.75, 3.05) is 34.4 Å². The minimum atomic E-state index is -0.160. The predicted octanol–water partition coefficient (Wildman–Crippen LogP) is 3.73. The number of nitrogens with zero attached hydrogens (tertiary/aromatic N) is 1. The van der Waals surface area contributed by atoms with Crippen molar-refractivity contribution in [2.24, 2.45) is 0 Å². The molecule has 0 aliphatic carbocycles. The summed E-state index contributed by atoms with van der Waals surface area (Å²) in [5, 5.41) is 5.27. The molecule has 7 heteroatoms. The molecule has 1 N–H and O–H groups in total. The molecule has 6 nitrogen and oxygen atoms in total. The van der Waals surface area contributed by atoms with E-state index < -0.39 is 0 Å². The highest BCUT2D eigenvalue weighted by Gasteiger charge is 2.30. The molecule has 2 atom stereocenters. The Hall–Kier alpha value is -2.25. The molecule has 0 unspecified atom stereocenters. The molecule has 0 bridgehead atoms. The third-order valence-corrected chi connectivity index (χ3v) is 6.07. The Labute approximate surface area is 170 Å². The summed E-state index contributed by atoms with van der Waals surface area (Å²) in [6, 6.07) is 7.71. The highest BCUT2D eigenvalue weighted by atomic mass is 32.1. The second kappa shape index (κ2) is 9.30. The van der Waals surface area contributed by atoms with Crippen LogP contribution >= 0.6 is 11.3 Å². The molecule has 1 saturated heterocycles. The number of carbonyl (C=O) groups excluding carboxylic acids is 1. The van der Waals surface area contributed by atoms with E-state index in [0.717, 1.165) is 13.1 Å². The summed E-state index contributed by atoms with van der Waals surface area (Å²) >= 11 is 1.74. The number of rotatable bonds is 8. The van der Waals surface area contributed by atoms with Crippen molar-refractivity contribution < 1.29 is 19.0 Å². The zero-order chi connectivity index (χ0) is 20.1. The molecule has 1 aromatic carbocycles. The van der Waals surface area contributed by atoms with Crippen LogP contribution in [0.2, 0.25) is 0 Å². The summed E-state index contributed by atoms with van der Waals surface area (Å²) in [6.07, 6.45) is 2.41. The van der Waals surface area contributed by atoms with Gasteiger partial charge in [0.05, 0.1) is 27.4 Å². The van der Waals surface area contributed by atoms with Crippen LogP contribution in [0.15, 0.2) is 29.6 Å². The molecule has 1 aliphatic heterocycles. The Kier molecular flexibility index (Phi) is 6.80. The molecule has 0 radical (unpaired) electrons. The van der Waals surface area contributed by atoms with Crippen molar-refractivity contribution in [3.63, 3.8) is 0 Å². The van der Waals surface area contributed by atoms with Crippen molar-refractivity contribution in [3.8, 4) is 17.2 Å². The first-order valence-electron chi connectivity index (χ1n) is 9.47. The lowest BCUT2D eigenvalue weighted by Crippen LogP contribution is -2.43. The number of likely N-dealkylation sites (tertiary alicyclic amines) is 1. The van der Waals surface area contributed by atoms with Gasteiger partial charge < -0.3 is 19.5 Å². The van der Waals surface area contributed by atoms with Crippen molar-refractivity contribution in [1.29, 1.82) is 0 Å². The van der Waals surface area contributed by atoms with E-state index >= 15 is 0 Å². The summed E-state index contributed by atoms with van der Waals surface area (Å²) < 4.78 is 16.1. The zero-order valence-electron chi connectivity index (χ0n) is 16.9. The molecule has 1 aliphatic rings. The maximum Gasteiger partial charge on any atom is 0.251 e. The lowest BCUT2D eigenvalue weighted by molar-refractivity contribution is 0.0907. The van der Waals surface area contributed by atoms with Crippen LogP contribution in [0.3, 0.4) is 0 Å². The molecule has 1 fully saturated rings. The van der Waals surface area contributed by atoms with Gasteiger partial charge in [-0.3, -0.25) is 9.69 Å². The topological polar surface area (TPSA) is 60.0 Å². The highest BCUT2D eigenvalue weighted by Crippen LogP contribution is 2.38. The van der Waals surface area contributed by atoms with Gasteiger partial charge in [-0.1, -0.05) is 6.07 Å². The molecular weight excluding hydrogens is 376 g/mol. The fourth-order valence-electron chi connectivity index (χ4n) is 3.80. The van der Waals surface area contributed by atoms with Crippen LogP contribution in [0.1, 0.15) is 41.0 Å². The molecule has 28 heavy (non-hydrogen) atoms. The number of hydrogen-bond acceptors (Lipinski definition) is 6. The average molecular weight is 405 g/mol. The zero-order valence-corrected chi connectivity index (χ0v) is 17.7. The molecule has 1 aromatic heterocycles. The maximum absolute atomic E-state index is 13.0. The third-order valence-electron chi connectivity index (χ3n) is 5.13. The second-order valence-corrected chi connectivity index (χ2v) is 7.86. The molecular formula is C21H28N2O4S. The minimum absolute atomic E-state index is 0.0386. The number of carbonyl (C=O) groups is 1. The normalized spacial score (nSPS) is 16.4. The first-order valence-corrected chi connectivity index (χ1v) is 10.3. The monoisotopic (exact) mass is 404 g/mol. The Morgan fingerprint density at radius 1 is 1.11 bits per heavy atom. The summed E-state index contributed by atoms with van der Waals surface area (Å²) in [6.45, 7) is 4.19. The van der Waals surface area contributed by atoms with E-state index in [4.69, 9.17) is 14.2 Å². The largest absolute Gasteiger partial charge is 0.493 e. The Morgan fingerprint density at radius 2 is 1.75 bits per heavy atom. The van der Waals surface area contributed by atoms with Crippen LogP contribution in [0.25, 0.3) is 0 Å². The molecule has 152 valence electrons. The number of benzene rings is 1. The molecule has 3 rings (SSSR count). The van der Waals surface area contributed by atoms with Gasteiger partial charge in [0.2, 0.25) is 5.75 Å². The number of nitrogens with one attached hydrogen (secondary N) is 1. The summed E-state index contributed by atoms with van der Waals surface area (Å²) in [5.41, 5.74) is 0.479. The van der Waals surface area contributed by atoms with Crippen LogP contribution in [-0.4, -0.2) is 51.3 Å². The lowest BCUT2D eigenvalue weighted by atomic mass is 10.1. The molecule has 0 saturated carbocycles. The first-order chi connectivity index (χ1) is 13.6. The summed E-state index contributed by atoms with van der Waals surface area (Å²) in [4.78, 5) is 16.7. The standard InChI is InChI=1S/C21H28N2O4S/c1-14(19(18-8-7-11-28-18)23-9-5-6-10-23)22-21(24)15-12-16(25-2)20(27-4)17(13-15)26-3/h7-8,11-14,19H,5-6,9-10H2,1-4H3,(H,22,24)/t14-,19-/m1/s1. The van der Waals surface area contributed by atoms with Gasteiger partial charge in [-0.25, -0.2) is 0 Å². The van der Waals surface area contributed by atoms with Gasteiger partial charge in [0, 0.05) is 16.5 Å². The van der Waals surface area contributed by atoms with Crippen molar-refractivity contribution in [3.05, 3.63) is 40.1 Å². The molecule has 0 spiro atoms. The van der Waals surface area contributed by atoms with Crippen LogP contribution in [0.5, 0.6) is 17.2 Å².